The summed E-state index contributed by atoms with van der Waals surface area (Å²) in [4.78, 5) is 2.42. The van der Waals surface area contributed by atoms with E-state index < -0.39 is 0 Å². The van der Waals surface area contributed by atoms with Gasteiger partial charge in [0.1, 0.15) is 5.76 Å². The quantitative estimate of drug-likeness (QED) is 0.875. The van der Waals surface area contributed by atoms with Crippen LogP contribution in [0.5, 0.6) is 0 Å². The van der Waals surface area contributed by atoms with Gasteiger partial charge < -0.3 is 14.5 Å². The summed E-state index contributed by atoms with van der Waals surface area (Å²) in [6, 6.07) is 2.17. The maximum absolute atomic E-state index is 5.94. The molecule has 0 bridgehead atoms. The molecule has 120 valence electrons. The molecule has 1 aliphatic rings. The van der Waals surface area contributed by atoms with Gasteiger partial charge >= 0.3 is 0 Å². The number of ether oxygens (including phenoxy) is 1. The molecule has 21 heavy (non-hydrogen) atoms. The molecular weight excluding hydrogens is 264 g/mol. The van der Waals surface area contributed by atoms with Gasteiger partial charge in [-0.05, 0) is 39.3 Å². The van der Waals surface area contributed by atoms with Gasteiger partial charge in [-0.15, -0.1) is 0 Å². The van der Waals surface area contributed by atoms with Gasteiger partial charge in [-0.1, -0.05) is 13.8 Å². The Hall–Kier alpha value is -0.840. The van der Waals surface area contributed by atoms with Crippen LogP contribution in [0.2, 0.25) is 0 Å². The maximum atomic E-state index is 5.94. The lowest BCUT2D eigenvalue weighted by Crippen LogP contribution is -2.51. The second kappa shape index (κ2) is 6.95. The summed E-state index contributed by atoms with van der Waals surface area (Å²) in [7, 11) is 0. The van der Waals surface area contributed by atoms with Crippen LogP contribution in [0.15, 0.2) is 16.7 Å². The third-order valence-electron chi connectivity index (χ3n) is 3.61. The molecule has 0 saturated carbocycles. The molecule has 1 fully saturated rings. The van der Waals surface area contributed by atoms with Crippen molar-refractivity contribution in [1.29, 1.82) is 0 Å². The summed E-state index contributed by atoms with van der Waals surface area (Å²) in [5.41, 5.74) is 1.15. The van der Waals surface area contributed by atoms with Crippen molar-refractivity contribution in [2.45, 2.75) is 59.4 Å². The van der Waals surface area contributed by atoms with Gasteiger partial charge in [-0.2, -0.15) is 0 Å². The second-order valence-corrected chi connectivity index (χ2v) is 7.30. The Morgan fingerprint density at radius 1 is 1.43 bits per heavy atom. The SMILES string of the molecule is CC(C)CNCc1coc(CN2CC(C)OC(C)(C)C2)c1. The number of hydrogen-bond donors (Lipinski definition) is 1. The fourth-order valence-electron chi connectivity index (χ4n) is 3.03. The molecule has 0 aromatic carbocycles. The lowest BCUT2D eigenvalue weighted by molar-refractivity contribution is -0.131. The van der Waals surface area contributed by atoms with E-state index in [0.717, 1.165) is 38.5 Å². The van der Waals surface area contributed by atoms with E-state index >= 15 is 0 Å². The fraction of sp³-hybridized carbons (Fsp3) is 0.765. The minimum Gasteiger partial charge on any atom is -0.468 e. The van der Waals surface area contributed by atoms with Gasteiger partial charge in [-0.25, -0.2) is 0 Å². The predicted octanol–water partition coefficient (Wildman–Crippen LogP) is 3.02. The van der Waals surface area contributed by atoms with E-state index in [0.29, 0.717) is 5.92 Å². The molecule has 1 saturated heterocycles. The van der Waals surface area contributed by atoms with Crippen molar-refractivity contribution in [3.8, 4) is 0 Å². The number of hydrogen-bond acceptors (Lipinski definition) is 4. The zero-order valence-electron chi connectivity index (χ0n) is 14.1. The van der Waals surface area contributed by atoms with E-state index in [9.17, 15) is 0 Å². The van der Waals surface area contributed by atoms with Crippen molar-refractivity contribution < 1.29 is 9.15 Å². The topological polar surface area (TPSA) is 37.6 Å². The van der Waals surface area contributed by atoms with Crippen molar-refractivity contribution in [1.82, 2.24) is 10.2 Å². The molecule has 0 amide bonds. The molecule has 1 N–H and O–H groups in total. The highest BCUT2D eigenvalue weighted by Crippen LogP contribution is 2.22. The van der Waals surface area contributed by atoms with Gasteiger partial charge in [0.15, 0.2) is 0 Å². The Balaban J connectivity index is 1.84. The minimum atomic E-state index is -0.0775. The van der Waals surface area contributed by atoms with Crippen LogP contribution in [0.3, 0.4) is 0 Å². The lowest BCUT2D eigenvalue weighted by Gasteiger charge is -2.41. The van der Waals surface area contributed by atoms with Crippen LogP contribution in [0.25, 0.3) is 0 Å². The number of nitrogens with zero attached hydrogens (tertiary/aromatic N) is 1. The third-order valence-corrected chi connectivity index (χ3v) is 3.61. The average molecular weight is 294 g/mol. The van der Waals surface area contributed by atoms with Crippen molar-refractivity contribution in [2.75, 3.05) is 19.6 Å². The zero-order chi connectivity index (χ0) is 15.5. The van der Waals surface area contributed by atoms with Gasteiger partial charge in [0.05, 0.1) is 24.5 Å². The van der Waals surface area contributed by atoms with Crippen LogP contribution >= 0.6 is 0 Å². The summed E-state index contributed by atoms with van der Waals surface area (Å²) < 4.78 is 11.6. The third kappa shape index (κ3) is 5.46. The van der Waals surface area contributed by atoms with Gasteiger partial charge in [0, 0.05) is 25.2 Å². The maximum Gasteiger partial charge on any atom is 0.118 e. The van der Waals surface area contributed by atoms with E-state index in [1.54, 1.807) is 0 Å². The molecule has 4 nitrogen and oxygen atoms in total. The van der Waals surface area contributed by atoms with E-state index in [-0.39, 0.29) is 11.7 Å². The van der Waals surface area contributed by atoms with E-state index in [4.69, 9.17) is 9.15 Å². The first-order valence-electron chi connectivity index (χ1n) is 8.01. The Morgan fingerprint density at radius 3 is 2.86 bits per heavy atom. The molecule has 0 radical (unpaired) electrons. The number of morpholine rings is 1. The molecule has 2 rings (SSSR count). The van der Waals surface area contributed by atoms with Crippen LogP contribution in [0.4, 0.5) is 0 Å². The number of rotatable bonds is 6. The molecule has 1 aromatic heterocycles. The van der Waals surface area contributed by atoms with E-state index in [1.165, 1.54) is 5.56 Å². The van der Waals surface area contributed by atoms with Crippen molar-refractivity contribution in [3.05, 3.63) is 23.7 Å². The predicted molar refractivity (Wildman–Crippen MR) is 85.2 cm³/mol. The highest BCUT2D eigenvalue weighted by Gasteiger charge is 2.31. The first-order valence-corrected chi connectivity index (χ1v) is 8.01. The summed E-state index contributed by atoms with van der Waals surface area (Å²) in [5, 5.41) is 3.44. The summed E-state index contributed by atoms with van der Waals surface area (Å²) in [6.45, 7) is 15.6. The van der Waals surface area contributed by atoms with Crippen LogP contribution in [-0.4, -0.2) is 36.2 Å². The van der Waals surface area contributed by atoms with E-state index in [1.807, 2.05) is 6.26 Å². The standard InChI is InChI=1S/C17H30N2O2/c1-13(2)7-18-8-15-6-16(20-11-15)10-19-9-14(3)21-17(4,5)12-19/h6,11,13-14,18H,7-10,12H2,1-5H3. The Bertz CT molecular complexity index is 440. The first-order chi connectivity index (χ1) is 9.84. The highest BCUT2D eigenvalue weighted by molar-refractivity contribution is 5.12. The summed E-state index contributed by atoms with van der Waals surface area (Å²) in [5.74, 6) is 1.72. The van der Waals surface area contributed by atoms with E-state index in [2.05, 4.69) is 50.9 Å². The highest BCUT2D eigenvalue weighted by atomic mass is 16.5. The van der Waals surface area contributed by atoms with Crippen molar-refractivity contribution in [3.63, 3.8) is 0 Å². The molecule has 1 aromatic rings. The van der Waals surface area contributed by atoms with Crippen LogP contribution in [0, 0.1) is 5.92 Å². The zero-order valence-corrected chi connectivity index (χ0v) is 14.1. The smallest absolute Gasteiger partial charge is 0.118 e. The molecule has 1 unspecified atom stereocenters. The normalized spacial score (nSPS) is 22.9. The van der Waals surface area contributed by atoms with Crippen molar-refractivity contribution in [2.24, 2.45) is 5.92 Å². The van der Waals surface area contributed by atoms with Gasteiger partial charge in [0.25, 0.3) is 0 Å². The minimum absolute atomic E-state index is 0.0775. The molecular formula is C17H30N2O2. The number of nitrogens with one attached hydrogen (secondary N) is 1. The second-order valence-electron chi connectivity index (χ2n) is 7.30. The Kier molecular flexibility index (Phi) is 5.47. The largest absolute Gasteiger partial charge is 0.468 e. The molecule has 4 heteroatoms. The van der Waals surface area contributed by atoms with Gasteiger partial charge in [0.2, 0.25) is 0 Å². The summed E-state index contributed by atoms with van der Waals surface area (Å²) >= 11 is 0. The molecule has 1 atom stereocenters. The van der Waals surface area contributed by atoms with Crippen molar-refractivity contribution >= 4 is 0 Å². The Morgan fingerprint density at radius 2 is 2.19 bits per heavy atom. The number of furan rings is 1. The molecule has 2 heterocycles. The van der Waals surface area contributed by atoms with Gasteiger partial charge in [-0.3, -0.25) is 4.90 Å². The fourth-order valence-corrected chi connectivity index (χ4v) is 3.03. The van der Waals surface area contributed by atoms with Crippen LogP contribution in [0.1, 0.15) is 45.9 Å². The lowest BCUT2D eigenvalue weighted by atomic mass is 10.1. The monoisotopic (exact) mass is 294 g/mol. The van der Waals surface area contributed by atoms with Crippen LogP contribution in [-0.2, 0) is 17.8 Å². The first kappa shape index (κ1) is 16.5. The molecule has 0 spiro atoms. The van der Waals surface area contributed by atoms with Crippen LogP contribution < -0.4 is 5.32 Å². The molecule has 1 aliphatic heterocycles. The molecule has 0 aliphatic carbocycles. The average Bonchev–Trinajstić information content (AvgIpc) is 2.73. The summed E-state index contributed by atoms with van der Waals surface area (Å²) in [6.07, 6.45) is 2.15. The Labute approximate surface area is 128 Å².